The summed E-state index contributed by atoms with van der Waals surface area (Å²) in [7, 11) is 0. The number of aliphatic hydroxyl groups excluding tert-OH is 1. The Bertz CT molecular complexity index is 1130. The van der Waals surface area contributed by atoms with Crippen LogP contribution in [-0.4, -0.2) is 109 Å². The number of likely N-dealkylation sites (tertiary alicyclic amines) is 1. The summed E-state index contributed by atoms with van der Waals surface area (Å²) < 4.78 is 17.7. The molecule has 4 heterocycles. The molecule has 3 N–H and O–H groups in total. The molecule has 6 atom stereocenters. The Kier molecular flexibility index (Phi) is 9.41. The Morgan fingerprint density at radius 1 is 1.10 bits per heavy atom. The monoisotopic (exact) mass is 586 g/mol. The molecule has 0 aromatic heterocycles. The molecular formula is C31H46N4O7. The number of hydrogen-bond acceptors (Lipinski definition) is 8. The number of unbranched alkanes of at least 4 members (excludes halogenated alkanes) is 2. The number of carbonyl (C=O) groups is 3. The zero-order valence-electron chi connectivity index (χ0n) is 25.1. The fraction of sp³-hybridized carbons (Fsp3) is 0.710. The van der Waals surface area contributed by atoms with Crippen molar-refractivity contribution < 1.29 is 33.7 Å². The normalized spacial score (nSPS) is 32.2. The molecule has 11 nitrogen and oxygen atoms in total. The fourth-order valence-electron chi connectivity index (χ4n) is 7.53. The van der Waals surface area contributed by atoms with Crippen LogP contribution in [0.4, 0.5) is 5.69 Å². The highest BCUT2D eigenvalue weighted by Crippen LogP contribution is 2.65. The van der Waals surface area contributed by atoms with Crippen LogP contribution in [0.3, 0.4) is 0 Å². The van der Waals surface area contributed by atoms with Gasteiger partial charge in [-0.3, -0.25) is 19.3 Å². The van der Waals surface area contributed by atoms with Crippen LogP contribution in [0.15, 0.2) is 24.3 Å². The summed E-state index contributed by atoms with van der Waals surface area (Å²) in [5.41, 5.74) is -1.35. The van der Waals surface area contributed by atoms with Crippen LogP contribution in [0.1, 0.15) is 46.5 Å². The fourth-order valence-corrected chi connectivity index (χ4v) is 7.53. The minimum absolute atomic E-state index is 0.0318. The number of carbonyl (C=O) groups excluding carboxylic acids is 3. The molecule has 2 bridgehead atoms. The predicted molar refractivity (Wildman–Crippen MR) is 156 cm³/mol. The summed E-state index contributed by atoms with van der Waals surface area (Å²) >= 11 is 0. The molecule has 4 saturated heterocycles. The van der Waals surface area contributed by atoms with Crippen molar-refractivity contribution in [3.05, 3.63) is 24.3 Å². The molecule has 0 aliphatic carbocycles. The van der Waals surface area contributed by atoms with Gasteiger partial charge in [-0.15, -0.1) is 0 Å². The van der Waals surface area contributed by atoms with Gasteiger partial charge in [-0.2, -0.15) is 0 Å². The van der Waals surface area contributed by atoms with Crippen molar-refractivity contribution in [1.29, 1.82) is 0 Å². The Labute approximate surface area is 248 Å². The maximum absolute atomic E-state index is 14.2. The van der Waals surface area contributed by atoms with Crippen molar-refractivity contribution in [2.75, 3.05) is 64.5 Å². The molecule has 11 heteroatoms. The maximum atomic E-state index is 14.2. The summed E-state index contributed by atoms with van der Waals surface area (Å²) in [6.07, 6.45) is 2.55. The lowest BCUT2D eigenvalue weighted by Gasteiger charge is -2.36. The largest absolute Gasteiger partial charge is 0.494 e. The van der Waals surface area contributed by atoms with Gasteiger partial charge in [-0.25, -0.2) is 0 Å². The Morgan fingerprint density at radius 3 is 2.52 bits per heavy atom. The minimum Gasteiger partial charge on any atom is -0.494 e. The van der Waals surface area contributed by atoms with Crippen LogP contribution in [0, 0.1) is 17.8 Å². The first-order valence-electron chi connectivity index (χ1n) is 15.5. The maximum Gasteiger partial charge on any atom is 0.245 e. The van der Waals surface area contributed by atoms with Gasteiger partial charge in [0, 0.05) is 45.0 Å². The van der Waals surface area contributed by atoms with Crippen molar-refractivity contribution in [2.24, 2.45) is 17.8 Å². The molecule has 4 aliphatic heterocycles. The van der Waals surface area contributed by atoms with E-state index in [1.165, 1.54) is 0 Å². The molecule has 5 rings (SSSR count). The van der Waals surface area contributed by atoms with E-state index in [-0.39, 0.29) is 30.2 Å². The van der Waals surface area contributed by atoms with E-state index in [1.807, 2.05) is 20.8 Å². The second kappa shape index (κ2) is 12.9. The summed E-state index contributed by atoms with van der Waals surface area (Å²) in [5, 5.41) is 15.4. The number of nitrogens with one attached hydrogen (secondary N) is 2. The van der Waals surface area contributed by atoms with Crippen molar-refractivity contribution in [3.63, 3.8) is 0 Å². The highest BCUT2D eigenvalue weighted by molar-refractivity contribution is 6.02. The highest BCUT2D eigenvalue weighted by Gasteiger charge is 2.79. The molecule has 0 radical (unpaired) electrons. The SMILES string of the molecule is CCOc1ccc(NC(=O)[C@H]2[C@H]3C(=O)N(CCCCCO)C(C(=O)NCCN4CCOCC4)C34CC(C)[C@]2(C)O4)cc1. The van der Waals surface area contributed by atoms with Gasteiger partial charge in [0.25, 0.3) is 0 Å². The van der Waals surface area contributed by atoms with Crippen LogP contribution >= 0.6 is 0 Å². The molecule has 3 amide bonds. The van der Waals surface area contributed by atoms with Gasteiger partial charge >= 0.3 is 0 Å². The third-order valence-electron chi connectivity index (χ3n) is 9.67. The molecule has 4 fully saturated rings. The third kappa shape index (κ3) is 5.64. The molecule has 4 aliphatic rings. The molecular weight excluding hydrogens is 540 g/mol. The lowest BCUT2D eigenvalue weighted by atomic mass is 9.62. The summed E-state index contributed by atoms with van der Waals surface area (Å²) in [6, 6.07) is 6.35. The van der Waals surface area contributed by atoms with Crippen LogP contribution < -0.4 is 15.4 Å². The summed E-state index contributed by atoms with van der Waals surface area (Å²) in [5.74, 6) is -1.53. The number of benzene rings is 1. The van der Waals surface area contributed by atoms with Gasteiger partial charge in [-0.1, -0.05) is 6.92 Å². The quantitative estimate of drug-likeness (QED) is 0.298. The van der Waals surface area contributed by atoms with Crippen LogP contribution in [0.5, 0.6) is 5.75 Å². The lowest BCUT2D eigenvalue weighted by molar-refractivity contribution is -0.146. The number of amides is 3. The number of anilines is 1. The second-order valence-electron chi connectivity index (χ2n) is 12.2. The van der Waals surface area contributed by atoms with Crippen LogP contribution in [0.2, 0.25) is 0 Å². The Morgan fingerprint density at radius 2 is 1.83 bits per heavy atom. The predicted octanol–water partition coefficient (Wildman–Crippen LogP) is 1.65. The molecule has 1 spiro atoms. The average molecular weight is 587 g/mol. The van der Waals surface area contributed by atoms with Gasteiger partial charge in [0.2, 0.25) is 17.7 Å². The summed E-state index contributed by atoms with van der Waals surface area (Å²) in [4.78, 5) is 46.0. The zero-order chi connectivity index (χ0) is 29.9. The Hall–Kier alpha value is -2.73. The number of morpholine rings is 1. The van der Waals surface area contributed by atoms with E-state index in [1.54, 1.807) is 29.2 Å². The van der Waals surface area contributed by atoms with Crippen molar-refractivity contribution >= 4 is 23.4 Å². The number of ether oxygens (including phenoxy) is 3. The van der Waals surface area contributed by atoms with E-state index >= 15 is 0 Å². The molecule has 0 saturated carbocycles. The number of rotatable bonds is 13. The van der Waals surface area contributed by atoms with Gasteiger partial charge in [0.05, 0.1) is 37.3 Å². The number of nitrogens with zero attached hydrogens (tertiary/aromatic N) is 2. The highest BCUT2D eigenvalue weighted by atomic mass is 16.5. The van der Waals surface area contributed by atoms with Gasteiger partial charge < -0.3 is 34.9 Å². The van der Waals surface area contributed by atoms with Crippen molar-refractivity contribution in [3.8, 4) is 5.75 Å². The minimum atomic E-state index is -1.08. The number of hydrogen-bond donors (Lipinski definition) is 3. The number of aliphatic hydroxyl groups is 1. The smallest absolute Gasteiger partial charge is 0.245 e. The Balaban J connectivity index is 1.38. The van der Waals surface area contributed by atoms with E-state index < -0.39 is 29.1 Å². The summed E-state index contributed by atoms with van der Waals surface area (Å²) in [6.45, 7) is 11.0. The standard InChI is InChI=1S/C31H46N4O7/c1-4-41-23-10-8-22(9-11-23)33-27(37)24-25-29(39)35(13-6-5-7-17-36)26(31(25)20-21(2)30(24,3)42-31)28(38)32-12-14-34-15-18-40-19-16-34/h8-11,21,24-26,36H,4-7,12-20H2,1-3H3,(H,32,38)(H,33,37)/t21?,24-,25+,26?,30+,31?/m1/s1. The first-order valence-corrected chi connectivity index (χ1v) is 15.5. The van der Waals surface area contributed by atoms with E-state index in [4.69, 9.17) is 14.2 Å². The molecule has 1 aromatic carbocycles. The van der Waals surface area contributed by atoms with Gasteiger partial charge in [-0.05, 0) is 69.7 Å². The second-order valence-corrected chi connectivity index (χ2v) is 12.2. The lowest BCUT2D eigenvalue weighted by Crippen LogP contribution is -2.56. The van der Waals surface area contributed by atoms with Gasteiger partial charge in [0.15, 0.2) is 0 Å². The van der Waals surface area contributed by atoms with Crippen molar-refractivity contribution in [1.82, 2.24) is 15.1 Å². The molecule has 42 heavy (non-hydrogen) atoms. The number of fused-ring (bicyclic) bond motifs is 1. The van der Waals surface area contributed by atoms with Crippen molar-refractivity contribution in [2.45, 2.75) is 63.7 Å². The van der Waals surface area contributed by atoms with Crippen LogP contribution in [-0.2, 0) is 23.9 Å². The first-order chi connectivity index (χ1) is 20.2. The zero-order valence-corrected chi connectivity index (χ0v) is 25.1. The topological polar surface area (TPSA) is 130 Å². The van der Waals surface area contributed by atoms with E-state index in [2.05, 4.69) is 15.5 Å². The molecule has 3 unspecified atom stereocenters. The van der Waals surface area contributed by atoms with Crippen LogP contribution in [0.25, 0.3) is 0 Å². The first kappa shape index (κ1) is 30.7. The average Bonchev–Trinajstić information content (AvgIpc) is 3.49. The molecule has 1 aromatic rings. The van der Waals surface area contributed by atoms with E-state index in [0.717, 1.165) is 19.5 Å². The van der Waals surface area contributed by atoms with E-state index in [0.29, 0.717) is 70.2 Å². The third-order valence-corrected chi connectivity index (χ3v) is 9.67. The van der Waals surface area contributed by atoms with Gasteiger partial charge in [0.1, 0.15) is 17.4 Å². The molecule has 232 valence electrons. The van der Waals surface area contributed by atoms with E-state index in [9.17, 15) is 19.5 Å².